The third kappa shape index (κ3) is 5.94. The van der Waals surface area contributed by atoms with Crippen LogP contribution in [0.2, 0.25) is 5.02 Å². The zero-order chi connectivity index (χ0) is 14.5. The van der Waals surface area contributed by atoms with E-state index in [9.17, 15) is 0 Å². The number of nitrogens with two attached hydrogens (primary N) is 1. The van der Waals surface area contributed by atoms with Crippen LogP contribution in [0.3, 0.4) is 0 Å². The Hall–Kier alpha value is -1.26. The van der Waals surface area contributed by atoms with E-state index in [1.807, 2.05) is 45.0 Å². The molecule has 0 spiro atoms. The zero-order valence-corrected chi connectivity index (χ0v) is 12.7. The van der Waals surface area contributed by atoms with Crippen LogP contribution in [0.25, 0.3) is 0 Å². The van der Waals surface area contributed by atoms with Gasteiger partial charge in [0.2, 0.25) is 0 Å². The van der Waals surface area contributed by atoms with Crippen LogP contribution >= 0.6 is 11.6 Å². The van der Waals surface area contributed by atoms with Gasteiger partial charge in [-0.2, -0.15) is 0 Å². The van der Waals surface area contributed by atoms with Crippen molar-refractivity contribution in [1.29, 1.82) is 0 Å². The molecule has 0 aliphatic rings. The predicted octanol–water partition coefficient (Wildman–Crippen LogP) is 2.73. The Bertz CT molecular complexity index is 441. The summed E-state index contributed by atoms with van der Waals surface area (Å²) in [6, 6.07) is 7.56. The SMILES string of the molecule is COC(CN=C(N)NC(C)(C)C)c1cccc(Cl)c1. The van der Waals surface area contributed by atoms with Crippen molar-refractivity contribution < 1.29 is 4.74 Å². The maximum Gasteiger partial charge on any atom is 0.189 e. The number of ether oxygens (including phenoxy) is 1. The normalized spacial score (nSPS) is 14.3. The maximum absolute atomic E-state index is 5.97. The van der Waals surface area contributed by atoms with Crippen LogP contribution in [-0.4, -0.2) is 25.2 Å². The highest BCUT2D eigenvalue weighted by Crippen LogP contribution is 2.20. The lowest BCUT2D eigenvalue weighted by molar-refractivity contribution is 0.111. The molecule has 0 radical (unpaired) electrons. The van der Waals surface area contributed by atoms with Crippen LogP contribution in [-0.2, 0) is 4.74 Å². The predicted molar refractivity (Wildman–Crippen MR) is 80.6 cm³/mol. The van der Waals surface area contributed by atoms with E-state index >= 15 is 0 Å². The van der Waals surface area contributed by atoms with E-state index in [1.165, 1.54) is 0 Å². The monoisotopic (exact) mass is 283 g/mol. The van der Waals surface area contributed by atoms with Gasteiger partial charge in [0.15, 0.2) is 5.96 Å². The largest absolute Gasteiger partial charge is 0.375 e. The number of aliphatic imine (C=N–C) groups is 1. The van der Waals surface area contributed by atoms with E-state index in [-0.39, 0.29) is 11.6 Å². The van der Waals surface area contributed by atoms with Crippen molar-refractivity contribution in [3.63, 3.8) is 0 Å². The number of methoxy groups -OCH3 is 1. The molecule has 5 heteroatoms. The van der Waals surface area contributed by atoms with E-state index in [2.05, 4.69) is 10.3 Å². The first-order valence-corrected chi connectivity index (χ1v) is 6.56. The topological polar surface area (TPSA) is 59.6 Å². The smallest absolute Gasteiger partial charge is 0.189 e. The van der Waals surface area contributed by atoms with Crippen molar-refractivity contribution in [3.8, 4) is 0 Å². The highest BCUT2D eigenvalue weighted by Gasteiger charge is 2.12. The molecule has 106 valence electrons. The lowest BCUT2D eigenvalue weighted by atomic mass is 10.1. The molecule has 0 saturated carbocycles. The summed E-state index contributed by atoms with van der Waals surface area (Å²) in [7, 11) is 1.65. The molecule has 0 aliphatic carbocycles. The van der Waals surface area contributed by atoms with E-state index in [4.69, 9.17) is 22.1 Å². The fourth-order valence-electron chi connectivity index (χ4n) is 1.63. The summed E-state index contributed by atoms with van der Waals surface area (Å²) >= 11 is 5.97. The van der Waals surface area contributed by atoms with Gasteiger partial charge in [-0.15, -0.1) is 0 Å². The van der Waals surface area contributed by atoms with Gasteiger partial charge in [-0.3, -0.25) is 4.99 Å². The van der Waals surface area contributed by atoms with Crippen LogP contribution < -0.4 is 11.1 Å². The summed E-state index contributed by atoms with van der Waals surface area (Å²) in [4.78, 5) is 4.30. The van der Waals surface area contributed by atoms with Crippen molar-refractivity contribution >= 4 is 17.6 Å². The van der Waals surface area contributed by atoms with Crippen LogP contribution in [0.15, 0.2) is 29.3 Å². The van der Waals surface area contributed by atoms with Crippen LogP contribution in [0, 0.1) is 0 Å². The highest BCUT2D eigenvalue weighted by atomic mass is 35.5. The quantitative estimate of drug-likeness (QED) is 0.660. The molecule has 19 heavy (non-hydrogen) atoms. The number of halogens is 1. The molecule has 0 amide bonds. The average Bonchev–Trinajstić information content (AvgIpc) is 2.27. The van der Waals surface area contributed by atoms with Gasteiger partial charge in [-0.25, -0.2) is 0 Å². The van der Waals surface area contributed by atoms with Crippen molar-refractivity contribution in [3.05, 3.63) is 34.9 Å². The summed E-state index contributed by atoms with van der Waals surface area (Å²) in [5.74, 6) is 0.413. The van der Waals surface area contributed by atoms with Gasteiger partial charge in [0, 0.05) is 17.7 Å². The van der Waals surface area contributed by atoms with Crippen molar-refractivity contribution in [2.24, 2.45) is 10.7 Å². The highest BCUT2D eigenvalue weighted by molar-refractivity contribution is 6.30. The third-order valence-corrected chi connectivity index (χ3v) is 2.67. The van der Waals surface area contributed by atoms with E-state index in [1.54, 1.807) is 7.11 Å². The van der Waals surface area contributed by atoms with Gasteiger partial charge in [-0.1, -0.05) is 23.7 Å². The summed E-state index contributed by atoms with van der Waals surface area (Å²) in [5.41, 5.74) is 6.71. The van der Waals surface area contributed by atoms with E-state index < -0.39 is 0 Å². The molecule has 4 nitrogen and oxygen atoms in total. The second kappa shape index (κ2) is 6.78. The van der Waals surface area contributed by atoms with Crippen LogP contribution in [0.4, 0.5) is 0 Å². The first-order valence-electron chi connectivity index (χ1n) is 6.18. The van der Waals surface area contributed by atoms with Gasteiger partial charge in [0.05, 0.1) is 6.54 Å². The Morgan fingerprint density at radius 2 is 2.16 bits per heavy atom. The summed E-state index contributed by atoms with van der Waals surface area (Å²) < 4.78 is 5.42. The van der Waals surface area contributed by atoms with Crippen LogP contribution in [0.1, 0.15) is 32.4 Å². The van der Waals surface area contributed by atoms with Crippen molar-refractivity contribution in [2.75, 3.05) is 13.7 Å². The van der Waals surface area contributed by atoms with E-state index in [0.29, 0.717) is 17.5 Å². The minimum Gasteiger partial charge on any atom is -0.375 e. The Morgan fingerprint density at radius 3 is 2.68 bits per heavy atom. The molecule has 0 fully saturated rings. The number of nitrogens with zero attached hydrogens (tertiary/aromatic N) is 1. The molecular formula is C14H22ClN3O. The van der Waals surface area contributed by atoms with Crippen LogP contribution in [0.5, 0.6) is 0 Å². The Balaban J connectivity index is 2.70. The van der Waals surface area contributed by atoms with Gasteiger partial charge in [0.1, 0.15) is 6.10 Å². The molecule has 1 atom stereocenters. The molecule has 1 rings (SSSR count). The molecule has 1 unspecified atom stereocenters. The van der Waals surface area contributed by atoms with Gasteiger partial charge in [-0.05, 0) is 38.5 Å². The summed E-state index contributed by atoms with van der Waals surface area (Å²) in [6.07, 6.45) is -0.154. The molecule has 0 aromatic heterocycles. The van der Waals surface area contributed by atoms with Crippen molar-refractivity contribution in [1.82, 2.24) is 5.32 Å². The number of hydrogen-bond donors (Lipinski definition) is 2. The molecular weight excluding hydrogens is 262 g/mol. The summed E-state index contributed by atoms with van der Waals surface area (Å²) in [6.45, 7) is 6.53. The molecule has 1 aromatic rings. The number of guanidine groups is 1. The summed E-state index contributed by atoms with van der Waals surface area (Å²) in [5, 5.41) is 3.79. The Labute approximate surface area is 120 Å². The second-order valence-corrected chi connectivity index (χ2v) is 5.82. The lowest BCUT2D eigenvalue weighted by Crippen LogP contribution is -2.45. The number of nitrogens with one attached hydrogen (secondary N) is 1. The number of rotatable bonds is 4. The molecule has 3 N–H and O–H groups in total. The minimum absolute atomic E-state index is 0.105. The Morgan fingerprint density at radius 1 is 1.47 bits per heavy atom. The minimum atomic E-state index is -0.154. The van der Waals surface area contributed by atoms with Gasteiger partial charge >= 0.3 is 0 Å². The Kier molecular flexibility index (Phi) is 5.63. The van der Waals surface area contributed by atoms with Gasteiger partial charge < -0.3 is 15.8 Å². The van der Waals surface area contributed by atoms with E-state index in [0.717, 1.165) is 5.56 Å². The molecule has 0 heterocycles. The second-order valence-electron chi connectivity index (χ2n) is 5.38. The molecule has 0 bridgehead atoms. The lowest BCUT2D eigenvalue weighted by Gasteiger charge is -2.21. The zero-order valence-electron chi connectivity index (χ0n) is 11.9. The standard InChI is InChI=1S/C14H22ClN3O/c1-14(2,3)18-13(16)17-9-12(19-4)10-6-5-7-11(15)8-10/h5-8,12H,9H2,1-4H3,(H3,16,17,18). The fourth-order valence-corrected chi connectivity index (χ4v) is 1.83. The average molecular weight is 284 g/mol. The number of hydrogen-bond acceptors (Lipinski definition) is 2. The van der Waals surface area contributed by atoms with Gasteiger partial charge in [0.25, 0.3) is 0 Å². The first kappa shape index (κ1) is 15.8. The first-order chi connectivity index (χ1) is 8.81. The molecule has 0 saturated heterocycles. The number of benzene rings is 1. The third-order valence-electron chi connectivity index (χ3n) is 2.44. The molecule has 0 aliphatic heterocycles. The fraction of sp³-hybridized carbons (Fsp3) is 0.500. The van der Waals surface area contributed by atoms with Crippen molar-refractivity contribution in [2.45, 2.75) is 32.4 Å². The maximum atomic E-state index is 5.97. The molecule has 1 aromatic carbocycles.